The lowest BCUT2D eigenvalue weighted by Gasteiger charge is -2.24. The summed E-state index contributed by atoms with van der Waals surface area (Å²) in [4.78, 5) is 4.74. The molecule has 6 rings (SSSR count). The largest absolute Gasteiger partial charge is 0.257 e. The van der Waals surface area contributed by atoms with Crippen LogP contribution in [-0.4, -0.2) is 10.7 Å². The van der Waals surface area contributed by atoms with Gasteiger partial charge in [0.15, 0.2) is 0 Å². The van der Waals surface area contributed by atoms with E-state index in [1.165, 1.54) is 22.5 Å². The van der Waals surface area contributed by atoms with Gasteiger partial charge in [0.25, 0.3) is 0 Å². The molecule has 1 aliphatic rings. The first-order valence-corrected chi connectivity index (χ1v) is 13.8. The number of thiazole rings is 1. The molecule has 0 amide bonds. The molecule has 4 nitrogen and oxygen atoms in total. The number of allylic oxidation sites excluding steroid dienone is 1. The molecule has 1 aromatic heterocycles. The van der Waals surface area contributed by atoms with E-state index in [2.05, 4.69) is 103 Å². The van der Waals surface area contributed by atoms with Crippen LogP contribution in [0.3, 0.4) is 0 Å². The second-order valence-corrected chi connectivity index (χ2v) is 10.4. The molecule has 0 saturated carbocycles. The Kier molecular flexibility index (Phi) is 6.86. The van der Waals surface area contributed by atoms with Gasteiger partial charge in [-0.25, -0.2) is 4.98 Å². The topological polar surface area (TPSA) is 52.3 Å². The number of hydrogen-bond donors (Lipinski definition) is 0. The number of rotatable bonds is 6. The van der Waals surface area contributed by atoms with Crippen molar-refractivity contribution in [2.45, 2.75) is 19.4 Å². The molecular weight excluding hydrogens is 496 g/mol. The molecular formula is C34H26N4S. The summed E-state index contributed by atoms with van der Waals surface area (Å²) in [6.07, 6.45) is 2.74. The van der Waals surface area contributed by atoms with Gasteiger partial charge in [-0.1, -0.05) is 103 Å². The van der Waals surface area contributed by atoms with Gasteiger partial charge in [-0.2, -0.15) is 10.4 Å². The van der Waals surface area contributed by atoms with Crippen molar-refractivity contribution in [3.8, 4) is 17.3 Å². The van der Waals surface area contributed by atoms with Gasteiger partial charge >= 0.3 is 0 Å². The van der Waals surface area contributed by atoms with Gasteiger partial charge in [0.05, 0.1) is 28.7 Å². The number of aromatic nitrogens is 1. The van der Waals surface area contributed by atoms with E-state index in [9.17, 15) is 5.26 Å². The summed E-state index contributed by atoms with van der Waals surface area (Å²) >= 11 is 1.49. The number of nitrogens with zero attached hydrogens (tertiary/aromatic N) is 4. The Bertz CT molecular complexity index is 1680. The van der Waals surface area contributed by atoms with Crippen LogP contribution in [0.5, 0.6) is 0 Å². The van der Waals surface area contributed by atoms with Gasteiger partial charge in [0.2, 0.25) is 0 Å². The minimum absolute atomic E-state index is 0.119. The van der Waals surface area contributed by atoms with Crippen LogP contribution in [0.2, 0.25) is 0 Å². The molecule has 2 heterocycles. The molecule has 0 N–H and O–H groups in total. The third kappa shape index (κ3) is 5.29. The molecule has 0 bridgehead atoms. The Morgan fingerprint density at radius 1 is 0.872 bits per heavy atom. The van der Waals surface area contributed by atoms with Crippen LogP contribution < -0.4 is 5.01 Å². The van der Waals surface area contributed by atoms with Crippen molar-refractivity contribution < 1.29 is 0 Å². The fraction of sp³-hybridized carbons (Fsp3) is 0.0882. The summed E-state index contributed by atoms with van der Waals surface area (Å²) in [5, 5.41) is 19.8. The molecule has 4 aromatic carbocycles. The molecule has 1 unspecified atom stereocenters. The van der Waals surface area contributed by atoms with Gasteiger partial charge in [-0.05, 0) is 41.8 Å². The predicted octanol–water partition coefficient (Wildman–Crippen LogP) is 8.54. The highest BCUT2D eigenvalue weighted by atomic mass is 32.1. The van der Waals surface area contributed by atoms with E-state index in [1.54, 1.807) is 0 Å². The predicted molar refractivity (Wildman–Crippen MR) is 161 cm³/mol. The number of anilines is 1. The molecule has 39 heavy (non-hydrogen) atoms. The third-order valence-electron chi connectivity index (χ3n) is 6.87. The third-order valence-corrected chi connectivity index (χ3v) is 7.75. The summed E-state index contributed by atoms with van der Waals surface area (Å²) in [5.74, 6) is 0. The van der Waals surface area contributed by atoms with Crippen molar-refractivity contribution in [3.05, 3.63) is 142 Å². The quantitative estimate of drug-likeness (QED) is 0.210. The molecule has 5 heteroatoms. The van der Waals surface area contributed by atoms with E-state index in [0.717, 1.165) is 45.2 Å². The first kappa shape index (κ1) is 24.5. The number of aryl methyl sites for hydroxylation is 1. The molecule has 0 spiro atoms. The SMILES string of the molecule is Cc1ccc(-c2csc(/C(C#N)=C/c3ccc(N4N=C(c5ccccc5)CC4c4ccccc4)cc3)n2)cc1. The molecule has 0 radical (unpaired) electrons. The standard InChI is InChI=1S/C34H26N4S/c1-24-12-16-27(17-13-24)32-23-39-34(36-32)29(22-35)20-25-14-18-30(19-15-25)38-33(28-10-6-3-7-11-28)21-31(37-38)26-8-4-2-5-9-26/h2-20,23,33H,21H2,1H3/b29-20+. The maximum absolute atomic E-state index is 9.90. The van der Waals surface area contributed by atoms with E-state index in [-0.39, 0.29) is 6.04 Å². The zero-order valence-corrected chi connectivity index (χ0v) is 22.3. The minimum Gasteiger partial charge on any atom is -0.257 e. The molecule has 188 valence electrons. The smallest absolute Gasteiger partial charge is 0.134 e. The van der Waals surface area contributed by atoms with Crippen molar-refractivity contribution in [3.63, 3.8) is 0 Å². The Balaban J connectivity index is 1.28. The summed E-state index contributed by atoms with van der Waals surface area (Å²) in [6, 6.07) is 39.9. The van der Waals surface area contributed by atoms with Gasteiger partial charge < -0.3 is 0 Å². The van der Waals surface area contributed by atoms with Crippen LogP contribution in [0.1, 0.15) is 39.7 Å². The van der Waals surface area contributed by atoms with Gasteiger partial charge in [0.1, 0.15) is 11.1 Å². The van der Waals surface area contributed by atoms with Crippen LogP contribution in [0.4, 0.5) is 5.69 Å². The van der Waals surface area contributed by atoms with E-state index in [1.807, 2.05) is 35.7 Å². The Morgan fingerprint density at radius 3 is 2.26 bits per heavy atom. The van der Waals surface area contributed by atoms with Crippen molar-refractivity contribution in [1.29, 1.82) is 5.26 Å². The van der Waals surface area contributed by atoms with E-state index >= 15 is 0 Å². The first-order valence-electron chi connectivity index (χ1n) is 12.9. The first-order chi connectivity index (χ1) is 19.2. The number of hydrazone groups is 1. The number of nitriles is 1. The summed E-state index contributed by atoms with van der Waals surface area (Å²) in [5.41, 5.74) is 9.13. The van der Waals surface area contributed by atoms with E-state index < -0.39 is 0 Å². The highest BCUT2D eigenvalue weighted by molar-refractivity contribution is 7.11. The number of hydrogen-bond acceptors (Lipinski definition) is 5. The molecule has 0 saturated heterocycles. The molecule has 1 aliphatic heterocycles. The van der Waals surface area contributed by atoms with E-state index in [0.29, 0.717) is 5.57 Å². The second-order valence-electron chi connectivity index (χ2n) is 9.55. The van der Waals surface area contributed by atoms with Crippen LogP contribution >= 0.6 is 11.3 Å². The lowest BCUT2D eigenvalue weighted by atomic mass is 9.98. The second kappa shape index (κ2) is 10.9. The van der Waals surface area contributed by atoms with Gasteiger partial charge in [0, 0.05) is 17.4 Å². The van der Waals surface area contributed by atoms with Crippen LogP contribution in [0, 0.1) is 18.3 Å². The fourth-order valence-electron chi connectivity index (χ4n) is 4.77. The maximum atomic E-state index is 9.90. The summed E-state index contributed by atoms with van der Waals surface area (Å²) < 4.78 is 0. The highest BCUT2D eigenvalue weighted by Crippen LogP contribution is 2.37. The van der Waals surface area contributed by atoms with Crippen LogP contribution in [0.15, 0.2) is 120 Å². The maximum Gasteiger partial charge on any atom is 0.134 e. The molecule has 1 atom stereocenters. The minimum atomic E-state index is 0.119. The monoisotopic (exact) mass is 522 g/mol. The molecule has 5 aromatic rings. The van der Waals surface area contributed by atoms with Crippen LogP contribution in [0.25, 0.3) is 22.9 Å². The summed E-state index contributed by atoms with van der Waals surface area (Å²) in [7, 11) is 0. The van der Waals surface area contributed by atoms with Crippen molar-refractivity contribution >= 4 is 34.4 Å². The normalized spacial score (nSPS) is 15.2. The van der Waals surface area contributed by atoms with Gasteiger partial charge in [-0.3, -0.25) is 5.01 Å². The summed E-state index contributed by atoms with van der Waals surface area (Å²) in [6.45, 7) is 2.07. The average molecular weight is 523 g/mol. The lowest BCUT2D eigenvalue weighted by molar-refractivity contribution is 0.709. The zero-order chi connectivity index (χ0) is 26.6. The van der Waals surface area contributed by atoms with Gasteiger partial charge in [-0.15, -0.1) is 11.3 Å². The zero-order valence-electron chi connectivity index (χ0n) is 21.5. The van der Waals surface area contributed by atoms with E-state index in [4.69, 9.17) is 10.1 Å². The molecule has 0 fully saturated rings. The Labute approximate surface area is 232 Å². The van der Waals surface area contributed by atoms with Crippen LogP contribution in [-0.2, 0) is 0 Å². The Hall–Kier alpha value is -4.79. The Morgan fingerprint density at radius 2 is 1.56 bits per heavy atom. The highest BCUT2D eigenvalue weighted by Gasteiger charge is 2.29. The van der Waals surface area contributed by atoms with Crippen molar-refractivity contribution in [2.24, 2.45) is 5.10 Å². The average Bonchev–Trinajstić information content (AvgIpc) is 3.66. The number of benzene rings is 4. The lowest BCUT2D eigenvalue weighted by Crippen LogP contribution is -2.18. The fourth-order valence-corrected chi connectivity index (χ4v) is 5.57. The van der Waals surface area contributed by atoms with Crippen molar-refractivity contribution in [1.82, 2.24) is 4.98 Å². The molecule has 0 aliphatic carbocycles. The van der Waals surface area contributed by atoms with Crippen molar-refractivity contribution in [2.75, 3.05) is 5.01 Å².